The first-order chi connectivity index (χ1) is 8.10. The number of hydrogen-bond donors (Lipinski definition) is 2. The van der Waals surface area contributed by atoms with Gasteiger partial charge in [0, 0.05) is 6.04 Å². The van der Waals surface area contributed by atoms with Gasteiger partial charge in [0.2, 0.25) is 0 Å². The first kappa shape index (κ1) is 13.0. The van der Waals surface area contributed by atoms with Gasteiger partial charge in [0.25, 0.3) is 5.91 Å². The average molecular weight is 236 g/mol. The number of halogens is 1. The van der Waals surface area contributed by atoms with Crippen LogP contribution in [0.4, 0.5) is 4.39 Å². The highest BCUT2D eigenvalue weighted by molar-refractivity contribution is 5.97. The van der Waals surface area contributed by atoms with Gasteiger partial charge in [-0.15, -0.1) is 0 Å². The summed E-state index contributed by atoms with van der Waals surface area (Å²) in [5.74, 6) is -1.90. The minimum absolute atomic E-state index is 0.150. The second-order valence-electron chi connectivity index (χ2n) is 3.57. The highest BCUT2D eigenvalue weighted by Crippen LogP contribution is 2.19. The Morgan fingerprint density at radius 2 is 2.35 bits per heavy atom. The Morgan fingerprint density at radius 3 is 2.88 bits per heavy atom. The van der Waals surface area contributed by atoms with Gasteiger partial charge >= 0.3 is 0 Å². The molecule has 0 spiro atoms. The molecule has 0 aliphatic rings. The Labute approximate surface area is 98.7 Å². The van der Waals surface area contributed by atoms with Gasteiger partial charge in [0.05, 0.1) is 12.5 Å². The Kier molecular flexibility index (Phi) is 4.46. The van der Waals surface area contributed by atoms with Gasteiger partial charge in [-0.05, 0) is 18.6 Å². The number of amides is 1. The molecule has 0 saturated heterocycles. The molecule has 5 heteroatoms. The van der Waals surface area contributed by atoms with Gasteiger partial charge < -0.3 is 10.4 Å². The molecule has 1 aromatic rings. The SMILES string of the molecule is CCC(CC#N)NC(=O)c1c(O)cccc1F. The second kappa shape index (κ2) is 5.85. The maximum atomic E-state index is 13.4. The molecular formula is C12H13FN2O2. The molecule has 0 aromatic heterocycles. The van der Waals surface area contributed by atoms with Crippen molar-refractivity contribution in [1.29, 1.82) is 5.26 Å². The number of nitrogens with one attached hydrogen (secondary N) is 1. The number of benzene rings is 1. The van der Waals surface area contributed by atoms with E-state index in [1.165, 1.54) is 12.1 Å². The Balaban J connectivity index is 2.87. The van der Waals surface area contributed by atoms with Crippen LogP contribution in [-0.4, -0.2) is 17.1 Å². The van der Waals surface area contributed by atoms with Gasteiger partial charge in [-0.1, -0.05) is 13.0 Å². The van der Waals surface area contributed by atoms with E-state index < -0.39 is 17.5 Å². The first-order valence-corrected chi connectivity index (χ1v) is 5.25. The van der Waals surface area contributed by atoms with Crippen molar-refractivity contribution in [2.75, 3.05) is 0 Å². The summed E-state index contributed by atoms with van der Waals surface area (Å²) in [6.07, 6.45) is 0.714. The number of rotatable bonds is 4. The molecule has 4 nitrogen and oxygen atoms in total. The number of phenols is 1. The van der Waals surface area contributed by atoms with E-state index in [-0.39, 0.29) is 18.0 Å². The van der Waals surface area contributed by atoms with Gasteiger partial charge in [-0.25, -0.2) is 4.39 Å². The number of phenolic OH excluding ortho intramolecular Hbond substituents is 1. The van der Waals surface area contributed by atoms with Crippen LogP contribution < -0.4 is 5.32 Å². The summed E-state index contributed by atoms with van der Waals surface area (Å²) in [6.45, 7) is 1.81. The zero-order valence-corrected chi connectivity index (χ0v) is 9.40. The topological polar surface area (TPSA) is 73.1 Å². The highest BCUT2D eigenvalue weighted by Gasteiger charge is 2.18. The Hall–Kier alpha value is -2.09. The summed E-state index contributed by atoms with van der Waals surface area (Å²) >= 11 is 0. The van der Waals surface area contributed by atoms with Crippen molar-refractivity contribution < 1.29 is 14.3 Å². The fourth-order valence-electron chi connectivity index (χ4n) is 1.40. The van der Waals surface area contributed by atoms with E-state index in [9.17, 15) is 14.3 Å². The minimum atomic E-state index is -0.783. The molecule has 1 aromatic carbocycles. The lowest BCUT2D eigenvalue weighted by molar-refractivity contribution is 0.0929. The molecule has 0 heterocycles. The summed E-state index contributed by atoms with van der Waals surface area (Å²) in [7, 11) is 0. The van der Waals surface area contributed by atoms with E-state index in [4.69, 9.17) is 5.26 Å². The van der Waals surface area contributed by atoms with Crippen molar-refractivity contribution in [3.63, 3.8) is 0 Å². The smallest absolute Gasteiger partial charge is 0.258 e. The van der Waals surface area contributed by atoms with Crippen LogP contribution in [0.3, 0.4) is 0 Å². The molecule has 1 rings (SSSR count). The molecule has 0 aliphatic carbocycles. The standard InChI is InChI=1S/C12H13FN2O2/c1-2-8(6-7-14)15-12(17)11-9(13)4-3-5-10(11)16/h3-5,8,16H,2,6H2,1H3,(H,15,17). The number of carbonyl (C=O) groups excluding carboxylic acids is 1. The molecule has 1 unspecified atom stereocenters. The predicted octanol–water partition coefficient (Wildman–Crippen LogP) is 1.95. The molecule has 1 atom stereocenters. The highest BCUT2D eigenvalue weighted by atomic mass is 19.1. The maximum absolute atomic E-state index is 13.4. The van der Waals surface area contributed by atoms with Crippen LogP contribution in [0.25, 0.3) is 0 Å². The molecule has 1 amide bonds. The first-order valence-electron chi connectivity index (χ1n) is 5.25. The van der Waals surface area contributed by atoms with Crippen molar-refractivity contribution >= 4 is 5.91 Å². The summed E-state index contributed by atoms with van der Waals surface area (Å²) in [6, 6.07) is 5.24. The third kappa shape index (κ3) is 3.18. The summed E-state index contributed by atoms with van der Waals surface area (Å²) < 4.78 is 13.4. The molecule has 2 N–H and O–H groups in total. The van der Waals surface area contributed by atoms with Crippen LogP contribution in [0.2, 0.25) is 0 Å². The lowest BCUT2D eigenvalue weighted by Crippen LogP contribution is -2.34. The predicted molar refractivity (Wildman–Crippen MR) is 59.8 cm³/mol. The summed E-state index contributed by atoms with van der Waals surface area (Å²) in [4.78, 5) is 11.7. The molecular weight excluding hydrogens is 223 g/mol. The van der Waals surface area contributed by atoms with Crippen LogP contribution in [0.1, 0.15) is 30.1 Å². The van der Waals surface area contributed by atoms with E-state index in [1.807, 2.05) is 13.0 Å². The lowest BCUT2D eigenvalue weighted by Gasteiger charge is -2.14. The molecule has 0 fully saturated rings. The van der Waals surface area contributed by atoms with Crippen LogP contribution in [0, 0.1) is 17.1 Å². The lowest BCUT2D eigenvalue weighted by atomic mass is 10.1. The van der Waals surface area contributed by atoms with Crippen molar-refractivity contribution in [3.05, 3.63) is 29.6 Å². The number of aromatic hydroxyl groups is 1. The van der Waals surface area contributed by atoms with E-state index in [0.717, 1.165) is 6.07 Å². The Morgan fingerprint density at radius 1 is 1.65 bits per heavy atom. The third-order valence-electron chi connectivity index (χ3n) is 2.38. The fourth-order valence-corrected chi connectivity index (χ4v) is 1.40. The van der Waals surface area contributed by atoms with E-state index in [1.54, 1.807) is 0 Å². The monoisotopic (exact) mass is 236 g/mol. The van der Waals surface area contributed by atoms with Crippen LogP contribution in [-0.2, 0) is 0 Å². The molecule has 0 bridgehead atoms. The van der Waals surface area contributed by atoms with Gasteiger partial charge in [0.1, 0.15) is 17.1 Å². The van der Waals surface area contributed by atoms with Crippen molar-refractivity contribution in [2.24, 2.45) is 0 Å². The fraction of sp³-hybridized carbons (Fsp3) is 0.333. The summed E-state index contributed by atoms with van der Waals surface area (Å²) in [5.41, 5.74) is -0.385. The molecule has 0 aliphatic heterocycles. The van der Waals surface area contributed by atoms with Crippen molar-refractivity contribution in [3.8, 4) is 11.8 Å². The Bertz CT molecular complexity index is 434. The van der Waals surface area contributed by atoms with Crippen LogP contribution in [0.5, 0.6) is 5.75 Å². The average Bonchev–Trinajstić information content (AvgIpc) is 2.28. The largest absolute Gasteiger partial charge is 0.507 e. The molecule has 17 heavy (non-hydrogen) atoms. The van der Waals surface area contributed by atoms with E-state index >= 15 is 0 Å². The maximum Gasteiger partial charge on any atom is 0.258 e. The molecule has 0 radical (unpaired) electrons. The zero-order valence-electron chi connectivity index (χ0n) is 9.40. The third-order valence-corrected chi connectivity index (χ3v) is 2.38. The van der Waals surface area contributed by atoms with Crippen LogP contribution in [0.15, 0.2) is 18.2 Å². The minimum Gasteiger partial charge on any atom is -0.507 e. The van der Waals surface area contributed by atoms with Gasteiger partial charge in [-0.2, -0.15) is 5.26 Å². The summed E-state index contributed by atoms with van der Waals surface area (Å²) in [5, 5.41) is 20.5. The molecule has 90 valence electrons. The normalized spacial score (nSPS) is 11.6. The van der Waals surface area contributed by atoms with E-state index in [2.05, 4.69) is 5.32 Å². The van der Waals surface area contributed by atoms with Gasteiger partial charge in [-0.3, -0.25) is 4.79 Å². The number of carbonyl (C=O) groups is 1. The number of hydrogen-bond acceptors (Lipinski definition) is 3. The van der Waals surface area contributed by atoms with Crippen molar-refractivity contribution in [2.45, 2.75) is 25.8 Å². The zero-order chi connectivity index (χ0) is 12.8. The second-order valence-corrected chi connectivity index (χ2v) is 3.57. The molecule has 0 saturated carbocycles. The van der Waals surface area contributed by atoms with E-state index in [0.29, 0.717) is 6.42 Å². The number of nitriles is 1. The van der Waals surface area contributed by atoms with Crippen LogP contribution >= 0.6 is 0 Å². The number of nitrogens with zero attached hydrogens (tertiary/aromatic N) is 1. The van der Waals surface area contributed by atoms with Gasteiger partial charge in [0.15, 0.2) is 0 Å². The quantitative estimate of drug-likeness (QED) is 0.839. The van der Waals surface area contributed by atoms with Crippen molar-refractivity contribution in [1.82, 2.24) is 5.32 Å².